The van der Waals surface area contributed by atoms with Crippen molar-refractivity contribution in [2.24, 2.45) is 0 Å². The molecule has 50 valence electrons. The summed E-state index contributed by atoms with van der Waals surface area (Å²) >= 11 is 0. The van der Waals surface area contributed by atoms with E-state index >= 15 is 0 Å². The Bertz CT molecular complexity index is 153. The highest BCUT2D eigenvalue weighted by molar-refractivity contribution is 6.37. The lowest BCUT2D eigenvalue weighted by Gasteiger charge is -2.21. The van der Waals surface area contributed by atoms with Crippen LogP contribution in [0.15, 0.2) is 0 Å². The van der Waals surface area contributed by atoms with Gasteiger partial charge in [-0.15, -0.1) is 0 Å². The number of carbonyl (C=O) groups is 1. The molecule has 0 radical (unpaired) electrons. The van der Waals surface area contributed by atoms with Gasteiger partial charge in [-0.05, 0) is 12.8 Å². The molecule has 0 spiro atoms. The van der Waals surface area contributed by atoms with Crippen LogP contribution in [0.5, 0.6) is 0 Å². The van der Waals surface area contributed by atoms with Gasteiger partial charge in [-0.2, -0.15) is 0 Å². The Labute approximate surface area is 54.2 Å². The highest BCUT2D eigenvalue weighted by Crippen LogP contribution is 2.04. The summed E-state index contributed by atoms with van der Waals surface area (Å²) in [6, 6.07) is 0. The molecule has 9 heavy (non-hydrogen) atoms. The standard InChI is InChI=1S/C6H10N2O/c1-8-4-2-3-5(7)6(8)9/h7H,2-4H2,1H3. The fourth-order valence-electron chi connectivity index (χ4n) is 0.932. The van der Waals surface area contributed by atoms with Crippen LogP contribution in [-0.2, 0) is 4.79 Å². The number of piperidine rings is 1. The summed E-state index contributed by atoms with van der Waals surface area (Å²) in [6.45, 7) is 0.807. The van der Waals surface area contributed by atoms with Gasteiger partial charge in [0.15, 0.2) is 0 Å². The first-order valence-corrected chi connectivity index (χ1v) is 3.04. The van der Waals surface area contributed by atoms with Crippen LogP contribution >= 0.6 is 0 Å². The minimum Gasteiger partial charge on any atom is -0.341 e. The first kappa shape index (κ1) is 6.26. The summed E-state index contributed by atoms with van der Waals surface area (Å²) in [6.07, 6.45) is 1.60. The van der Waals surface area contributed by atoms with Crippen molar-refractivity contribution in [2.45, 2.75) is 12.8 Å². The van der Waals surface area contributed by atoms with Crippen molar-refractivity contribution in [1.82, 2.24) is 4.90 Å². The van der Waals surface area contributed by atoms with E-state index in [4.69, 9.17) is 5.41 Å². The van der Waals surface area contributed by atoms with E-state index in [2.05, 4.69) is 0 Å². The summed E-state index contributed by atoms with van der Waals surface area (Å²) in [5.41, 5.74) is 0.253. The largest absolute Gasteiger partial charge is 0.341 e. The number of nitrogens with zero attached hydrogens (tertiary/aromatic N) is 1. The second-order valence-corrected chi connectivity index (χ2v) is 2.31. The normalized spacial score (nSPS) is 20.8. The van der Waals surface area contributed by atoms with Crippen molar-refractivity contribution in [1.29, 1.82) is 5.41 Å². The van der Waals surface area contributed by atoms with E-state index in [9.17, 15) is 4.79 Å². The van der Waals surface area contributed by atoms with Gasteiger partial charge in [0.25, 0.3) is 5.91 Å². The maximum atomic E-state index is 10.8. The maximum absolute atomic E-state index is 10.8. The zero-order valence-corrected chi connectivity index (χ0v) is 5.48. The topological polar surface area (TPSA) is 44.2 Å². The van der Waals surface area contributed by atoms with E-state index in [0.717, 1.165) is 13.0 Å². The van der Waals surface area contributed by atoms with Crippen molar-refractivity contribution in [2.75, 3.05) is 13.6 Å². The number of amides is 1. The van der Waals surface area contributed by atoms with Crippen molar-refractivity contribution in [3.05, 3.63) is 0 Å². The fraction of sp³-hybridized carbons (Fsp3) is 0.667. The van der Waals surface area contributed by atoms with Gasteiger partial charge < -0.3 is 4.90 Å². The highest BCUT2D eigenvalue weighted by Gasteiger charge is 2.18. The number of likely N-dealkylation sites (tertiary alicyclic amines) is 1. The molecule has 0 aromatic carbocycles. The van der Waals surface area contributed by atoms with Crippen molar-refractivity contribution in [3.8, 4) is 0 Å². The van der Waals surface area contributed by atoms with Gasteiger partial charge in [-0.25, -0.2) is 0 Å². The first-order chi connectivity index (χ1) is 4.22. The van der Waals surface area contributed by atoms with Crippen molar-refractivity contribution < 1.29 is 4.79 Å². The molecule has 0 aromatic heterocycles. The van der Waals surface area contributed by atoms with Crippen LogP contribution in [0.25, 0.3) is 0 Å². The molecule has 1 N–H and O–H groups in total. The smallest absolute Gasteiger partial charge is 0.267 e. The van der Waals surface area contributed by atoms with E-state index in [1.807, 2.05) is 0 Å². The monoisotopic (exact) mass is 126 g/mol. The van der Waals surface area contributed by atoms with Crippen LogP contribution < -0.4 is 0 Å². The van der Waals surface area contributed by atoms with Gasteiger partial charge in [0.1, 0.15) is 0 Å². The van der Waals surface area contributed by atoms with E-state index < -0.39 is 0 Å². The molecule has 1 saturated heterocycles. The van der Waals surface area contributed by atoms with Gasteiger partial charge in [0, 0.05) is 13.6 Å². The fourth-order valence-corrected chi connectivity index (χ4v) is 0.932. The Hall–Kier alpha value is -0.860. The maximum Gasteiger partial charge on any atom is 0.267 e. The minimum absolute atomic E-state index is 0.110. The first-order valence-electron chi connectivity index (χ1n) is 3.04. The molecule has 0 aromatic rings. The Morgan fingerprint density at radius 1 is 1.67 bits per heavy atom. The molecule has 0 atom stereocenters. The third-order valence-corrected chi connectivity index (χ3v) is 1.53. The van der Waals surface area contributed by atoms with E-state index in [0.29, 0.717) is 6.42 Å². The van der Waals surface area contributed by atoms with Crippen LogP contribution in [0, 0.1) is 5.41 Å². The zero-order chi connectivity index (χ0) is 6.85. The molecule has 0 aliphatic carbocycles. The second kappa shape index (κ2) is 2.17. The quantitative estimate of drug-likeness (QED) is 0.497. The predicted octanol–water partition coefficient (Wildman–Crippen LogP) is 0.258. The average molecular weight is 126 g/mol. The lowest BCUT2D eigenvalue weighted by atomic mass is 10.1. The Kier molecular flexibility index (Phi) is 1.51. The third-order valence-electron chi connectivity index (χ3n) is 1.53. The Morgan fingerprint density at radius 3 is 2.78 bits per heavy atom. The van der Waals surface area contributed by atoms with Crippen molar-refractivity contribution >= 4 is 11.6 Å². The van der Waals surface area contributed by atoms with Crippen LogP contribution in [0.2, 0.25) is 0 Å². The summed E-state index contributed by atoms with van der Waals surface area (Å²) < 4.78 is 0. The van der Waals surface area contributed by atoms with Crippen LogP contribution in [0.1, 0.15) is 12.8 Å². The molecule has 0 bridgehead atoms. The van der Waals surface area contributed by atoms with E-state index in [-0.39, 0.29) is 11.6 Å². The van der Waals surface area contributed by atoms with Gasteiger partial charge in [0.05, 0.1) is 5.71 Å². The Balaban J connectivity index is 2.62. The van der Waals surface area contributed by atoms with E-state index in [1.165, 1.54) is 0 Å². The summed E-state index contributed by atoms with van der Waals surface area (Å²) in [4.78, 5) is 12.4. The third kappa shape index (κ3) is 1.09. The molecule has 0 saturated carbocycles. The lowest BCUT2D eigenvalue weighted by molar-refractivity contribution is -0.123. The number of hydrogen-bond donors (Lipinski definition) is 1. The molecule has 1 heterocycles. The highest BCUT2D eigenvalue weighted by atomic mass is 16.2. The lowest BCUT2D eigenvalue weighted by Crippen LogP contribution is -2.38. The van der Waals surface area contributed by atoms with Crippen LogP contribution in [0.3, 0.4) is 0 Å². The summed E-state index contributed by atoms with van der Waals surface area (Å²) in [7, 11) is 1.73. The number of carbonyl (C=O) groups excluding carboxylic acids is 1. The average Bonchev–Trinajstić information content (AvgIpc) is 1.83. The molecular formula is C6H10N2O. The number of rotatable bonds is 0. The summed E-state index contributed by atoms with van der Waals surface area (Å²) in [5.74, 6) is -0.110. The predicted molar refractivity (Wildman–Crippen MR) is 34.6 cm³/mol. The molecule has 1 aliphatic heterocycles. The molecule has 3 heteroatoms. The van der Waals surface area contributed by atoms with Crippen LogP contribution in [0.4, 0.5) is 0 Å². The molecule has 3 nitrogen and oxygen atoms in total. The minimum atomic E-state index is -0.110. The zero-order valence-electron chi connectivity index (χ0n) is 5.48. The summed E-state index contributed by atoms with van der Waals surface area (Å²) in [5, 5.41) is 7.13. The number of nitrogens with one attached hydrogen (secondary N) is 1. The molecule has 1 fully saturated rings. The SMILES string of the molecule is CN1CCCC(=N)C1=O. The number of hydrogen-bond acceptors (Lipinski definition) is 2. The Morgan fingerprint density at radius 2 is 2.33 bits per heavy atom. The van der Waals surface area contributed by atoms with Crippen molar-refractivity contribution in [3.63, 3.8) is 0 Å². The van der Waals surface area contributed by atoms with Gasteiger partial charge >= 0.3 is 0 Å². The van der Waals surface area contributed by atoms with Gasteiger partial charge in [-0.3, -0.25) is 10.2 Å². The molecule has 1 amide bonds. The van der Waals surface area contributed by atoms with Gasteiger partial charge in [0.2, 0.25) is 0 Å². The molecule has 1 rings (SSSR count). The van der Waals surface area contributed by atoms with Crippen LogP contribution in [-0.4, -0.2) is 30.1 Å². The molecule has 1 aliphatic rings. The molecule has 0 unspecified atom stereocenters. The van der Waals surface area contributed by atoms with Gasteiger partial charge in [-0.1, -0.05) is 0 Å². The molecular weight excluding hydrogens is 116 g/mol. The second-order valence-electron chi connectivity index (χ2n) is 2.31. The van der Waals surface area contributed by atoms with E-state index in [1.54, 1.807) is 11.9 Å².